The summed E-state index contributed by atoms with van der Waals surface area (Å²) in [5.41, 5.74) is 2.63. The first-order chi connectivity index (χ1) is 9.00. The minimum Gasteiger partial charge on any atom is -0.480 e. The van der Waals surface area contributed by atoms with Crippen molar-refractivity contribution in [2.75, 3.05) is 5.75 Å². The summed E-state index contributed by atoms with van der Waals surface area (Å²) < 4.78 is 0. The van der Waals surface area contributed by atoms with Crippen LogP contribution in [0.4, 0.5) is 0 Å². The van der Waals surface area contributed by atoms with Gasteiger partial charge in [0.25, 0.3) is 0 Å². The molecule has 1 unspecified atom stereocenters. The zero-order chi connectivity index (χ0) is 14.3. The van der Waals surface area contributed by atoms with Gasteiger partial charge in [-0.3, -0.25) is 4.79 Å². The Bertz CT molecular complexity index is 407. The quantitative estimate of drug-likeness (QED) is 0.719. The Balaban J connectivity index is 2.33. The highest BCUT2D eigenvalue weighted by Crippen LogP contribution is 2.17. The minimum absolute atomic E-state index is 0.197. The number of rotatable bonds is 8. The average Bonchev–Trinajstić information content (AvgIpc) is 2.34. The Labute approximate surface area is 119 Å². The van der Waals surface area contributed by atoms with Crippen molar-refractivity contribution >= 4 is 17.7 Å². The molecule has 1 atom stereocenters. The third-order valence-corrected chi connectivity index (χ3v) is 3.94. The van der Waals surface area contributed by atoms with Crippen molar-refractivity contribution in [1.29, 1.82) is 0 Å². The van der Waals surface area contributed by atoms with Gasteiger partial charge < -0.3 is 10.4 Å². The maximum absolute atomic E-state index is 11.1. The molecule has 2 N–H and O–H groups in total. The lowest BCUT2D eigenvalue weighted by atomic mass is 10.1. The van der Waals surface area contributed by atoms with Crippen molar-refractivity contribution in [1.82, 2.24) is 5.32 Å². The third-order valence-electron chi connectivity index (χ3n) is 2.90. The van der Waals surface area contributed by atoms with Crippen LogP contribution in [-0.2, 0) is 10.5 Å². The Kier molecular flexibility index (Phi) is 6.95. The first kappa shape index (κ1) is 16.1. The zero-order valence-electron chi connectivity index (χ0n) is 11.8. The number of nitrogens with one attached hydrogen (secondary N) is 1. The van der Waals surface area contributed by atoms with Gasteiger partial charge in [-0.15, -0.1) is 0 Å². The molecule has 4 heteroatoms. The third kappa shape index (κ3) is 6.12. The van der Waals surface area contributed by atoms with Gasteiger partial charge in [0, 0.05) is 11.8 Å². The van der Waals surface area contributed by atoms with Gasteiger partial charge in [0.15, 0.2) is 0 Å². The fourth-order valence-corrected chi connectivity index (χ4v) is 2.93. The molecule has 1 aromatic carbocycles. The van der Waals surface area contributed by atoms with E-state index in [4.69, 9.17) is 5.11 Å². The normalized spacial score (nSPS) is 12.6. The summed E-state index contributed by atoms with van der Waals surface area (Å²) in [6.07, 6.45) is 0.657. The van der Waals surface area contributed by atoms with Gasteiger partial charge in [0.05, 0.1) is 0 Å². The summed E-state index contributed by atoms with van der Waals surface area (Å²) in [6.45, 7) is 6.04. The van der Waals surface area contributed by atoms with Crippen molar-refractivity contribution in [2.45, 2.75) is 45.0 Å². The first-order valence-electron chi connectivity index (χ1n) is 6.61. The molecule has 0 bridgehead atoms. The van der Waals surface area contributed by atoms with E-state index in [9.17, 15) is 4.79 Å². The molecule has 19 heavy (non-hydrogen) atoms. The van der Waals surface area contributed by atoms with Gasteiger partial charge in [-0.2, -0.15) is 11.8 Å². The lowest BCUT2D eigenvalue weighted by Crippen LogP contribution is -2.41. The van der Waals surface area contributed by atoms with E-state index in [0.29, 0.717) is 6.42 Å². The van der Waals surface area contributed by atoms with E-state index in [1.54, 1.807) is 11.8 Å². The molecule has 3 nitrogen and oxygen atoms in total. The van der Waals surface area contributed by atoms with Crippen molar-refractivity contribution in [3.8, 4) is 0 Å². The molecule has 0 fully saturated rings. The summed E-state index contributed by atoms with van der Waals surface area (Å²) in [4.78, 5) is 11.1. The lowest BCUT2D eigenvalue weighted by Gasteiger charge is -2.17. The molecule has 1 aromatic rings. The van der Waals surface area contributed by atoms with Gasteiger partial charge in [-0.05, 0) is 30.2 Å². The Morgan fingerprint density at radius 3 is 2.63 bits per heavy atom. The number of hydrogen-bond donors (Lipinski definition) is 2. The molecule has 0 saturated heterocycles. The topological polar surface area (TPSA) is 49.3 Å². The summed E-state index contributed by atoms with van der Waals surface area (Å²) in [7, 11) is 0. The van der Waals surface area contributed by atoms with Gasteiger partial charge in [0.2, 0.25) is 0 Å². The predicted octanol–water partition coefficient (Wildman–Crippen LogP) is 3.07. The van der Waals surface area contributed by atoms with E-state index in [1.165, 1.54) is 11.1 Å². The van der Waals surface area contributed by atoms with Crippen LogP contribution in [0, 0.1) is 6.92 Å². The Hall–Kier alpha value is -1.00. The van der Waals surface area contributed by atoms with Crippen molar-refractivity contribution in [2.24, 2.45) is 0 Å². The number of aliphatic carboxylic acids is 1. The predicted molar refractivity (Wildman–Crippen MR) is 81.7 cm³/mol. The molecular weight excluding hydrogens is 258 g/mol. The maximum Gasteiger partial charge on any atom is 0.320 e. The maximum atomic E-state index is 11.1. The Morgan fingerprint density at radius 2 is 2.05 bits per heavy atom. The van der Waals surface area contributed by atoms with Crippen LogP contribution in [0.2, 0.25) is 0 Å². The molecule has 0 heterocycles. The summed E-state index contributed by atoms with van der Waals surface area (Å²) in [5, 5.41) is 12.2. The number of carboxylic acid groups (broad SMARTS) is 1. The lowest BCUT2D eigenvalue weighted by molar-refractivity contribution is -0.139. The number of aryl methyl sites for hydroxylation is 1. The standard InChI is InChI=1S/C15H23NO2S/c1-11(2)16-14(15(17)18)8-9-19-10-13-7-5-4-6-12(13)3/h4-7,11,14,16H,8-10H2,1-3H3,(H,17,18). The summed E-state index contributed by atoms with van der Waals surface area (Å²) in [5.74, 6) is 1.04. The second-order valence-electron chi connectivity index (χ2n) is 4.98. The van der Waals surface area contributed by atoms with Crippen LogP contribution >= 0.6 is 11.8 Å². The number of carboxylic acids is 1. The number of hydrogen-bond acceptors (Lipinski definition) is 3. The van der Waals surface area contributed by atoms with Crippen LogP contribution < -0.4 is 5.32 Å². The fourth-order valence-electron chi connectivity index (χ4n) is 1.84. The fraction of sp³-hybridized carbons (Fsp3) is 0.533. The first-order valence-corrected chi connectivity index (χ1v) is 7.77. The van der Waals surface area contributed by atoms with E-state index >= 15 is 0 Å². The molecule has 0 radical (unpaired) electrons. The second-order valence-corrected chi connectivity index (χ2v) is 6.09. The van der Waals surface area contributed by atoms with Crippen LogP contribution in [0.5, 0.6) is 0 Å². The van der Waals surface area contributed by atoms with E-state index in [0.717, 1.165) is 11.5 Å². The van der Waals surface area contributed by atoms with Crippen molar-refractivity contribution < 1.29 is 9.90 Å². The molecule has 0 spiro atoms. The van der Waals surface area contributed by atoms with Crippen LogP contribution in [0.25, 0.3) is 0 Å². The van der Waals surface area contributed by atoms with E-state index in [1.807, 2.05) is 26.0 Å². The highest BCUT2D eigenvalue weighted by molar-refractivity contribution is 7.98. The number of benzene rings is 1. The second kappa shape index (κ2) is 8.23. The van der Waals surface area contributed by atoms with Crippen LogP contribution in [0.1, 0.15) is 31.4 Å². The van der Waals surface area contributed by atoms with Gasteiger partial charge in [-0.25, -0.2) is 0 Å². The molecule has 0 aliphatic rings. The number of thioether (sulfide) groups is 1. The molecule has 0 aromatic heterocycles. The average molecular weight is 281 g/mol. The number of carbonyl (C=O) groups is 1. The highest BCUT2D eigenvalue weighted by atomic mass is 32.2. The van der Waals surface area contributed by atoms with E-state index in [2.05, 4.69) is 24.4 Å². The smallest absolute Gasteiger partial charge is 0.320 e. The SMILES string of the molecule is Cc1ccccc1CSCCC(NC(C)C)C(=O)O. The highest BCUT2D eigenvalue weighted by Gasteiger charge is 2.17. The molecule has 0 aliphatic carbocycles. The molecule has 0 aliphatic heterocycles. The largest absolute Gasteiger partial charge is 0.480 e. The molecule has 1 rings (SSSR count). The van der Waals surface area contributed by atoms with Gasteiger partial charge >= 0.3 is 5.97 Å². The molecule has 106 valence electrons. The van der Waals surface area contributed by atoms with Gasteiger partial charge in [-0.1, -0.05) is 38.1 Å². The molecule has 0 saturated carbocycles. The van der Waals surface area contributed by atoms with Crippen LogP contribution in [0.15, 0.2) is 24.3 Å². The van der Waals surface area contributed by atoms with Crippen LogP contribution in [-0.4, -0.2) is 28.9 Å². The summed E-state index contributed by atoms with van der Waals surface area (Å²) in [6, 6.07) is 8.08. The Morgan fingerprint density at radius 1 is 1.37 bits per heavy atom. The van der Waals surface area contributed by atoms with E-state index in [-0.39, 0.29) is 6.04 Å². The summed E-state index contributed by atoms with van der Waals surface area (Å²) >= 11 is 1.79. The van der Waals surface area contributed by atoms with Crippen molar-refractivity contribution in [3.63, 3.8) is 0 Å². The monoisotopic (exact) mass is 281 g/mol. The van der Waals surface area contributed by atoms with Gasteiger partial charge in [0.1, 0.15) is 6.04 Å². The molecular formula is C15H23NO2S. The molecule has 0 amide bonds. The van der Waals surface area contributed by atoms with Crippen molar-refractivity contribution in [3.05, 3.63) is 35.4 Å². The minimum atomic E-state index is -0.759. The zero-order valence-corrected chi connectivity index (χ0v) is 12.7. The van der Waals surface area contributed by atoms with E-state index < -0.39 is 12.0 Å². The van der Waals surface area contributed by atoms with Crippen LogP contribution in [0.3, 0.4) is 0 Å².